The number of nitrogens with one attached hydrogen (secondary N) is 1. The summed E-state index contributed by atoms with van der Waals surface area (Å²) in [5, 5.41) is 10.9. The Morgan fingerprint density at radius 2 is 2.47 bits per heavy atom. The van der Waals surface area contributed by atoms with Crippen LogP contribution in [0.5, 0.6) is 0 Å². The fourth-order valence-electron chi connectivity index (χ4n) is 1.45. The number of amidine groups is 1. The molecule has 7 heteroatoms. The third-order valence-corrected chi connectivity index (χ3v) is 5.13. The summed E-state index contributed by atoms with van der Waals surface area (Å²) in [7, 11) is -2.93. The number of aliphatic imine (C=N–C) groups is 1. The normalized spacial score (nSPS) is 24.8. The van der Waals surface area contributed by atoms with Crippen LogP contribution in [0, 0.1) is 11.5 Å². The summed E-state index contributed by atoms with van der Waals surface area (Å²) < 4.78 is 22.9. The molecule has 0 aromatic rings. The quantitative estimate of drug-likeness (QED) is 0.329. The molecule has 5 nitrogen and oxygen atoms in total. The van der Waals surface area contributed by atoms with E-state index >= 15 is 0 Å². The summed E-state index contributed by atoms with van der Waals surface area (Å²) in [5.74, 6) is 0.271. The van der Waals surface area contributed by atoms with Crippen LogP contribution in [-0.4, -0.2) is 37.4 Å². The first-order valence-corrected chi connectivity index (χ1v) is 7.49. The molecule has 1 saturated heterocycles. The van der Waals surface area contributed by atoms with Crippen molar-refractivity contribution in [3.63, 3.8) is 0 Å². The maximum atomic E-state index is 11.5. The number of sulfone groups is 1. The van der Waals surface area contributed by atoms with Crippen molar-refractivity contribution < 1.29 is 8.42 Å². The van der Waals surface area contributed by atoms with Gasteiger partial charge in [0.25, 0.3) is 0 Å². The van der Waals surface area contributed by atoms with Gasteiger partial charge in [0.2, 0.25) is 0 Å². The topological polar surface area (TPSA) is 82.3 Å². The number of hydrogen-bond acceptors (Lipinski definition) is 5. The van der Waals surface area contributed by atoms with Gasteiger partial charge >= 0.3 is 0 Å². The van der Waals surface area contributed by atoms with Crippen LogP contribution in [0.15, 0.2) is 4.99 Å². The van der Waals surface area contributed by atoms with E-state index in [1.165, 1.54) is 11.8 Å². The van der Waals surface area contributed by atoms with E-state index in [0.717, 1.165) is 6.42 Å². The molecular weight excluding hydrogens is 234 g/mol. The minimum Gasteiger partial charge on any atom is -0.272 e. The Hall–Kier alpha value is -0.740. The molecule has 1 unspecified atom stereocenters. The summed E-state index contributed by atoms with van der Waals surface area (Å²) in [4.78, 5) is 4.08. The maximum absolute atomic E-state index is 11.5. The summed E-state index contributed by atoms with van der Waals surface area (Å²) >= 11 is 1.30. The molecule has 1 aliphatic rings. The van der Waals surface area contributed by atoms with E-state index in [-0.39, 0.29) is 17.5 Å². The predicted octanol–water partition coefficient (Wildman–Crippen LogP) is 0.353. The SMILES string of the molecule is CSC(=NCC1CCCS1(=O)=O)NC#N. The molecule has 0 bridgehead atoms. The van der Waals surface area contributed by atoms with Gasteiger partial charge in [-0.15, -0.1) is 0 Å². The van der Waals surface area contributed by atoms with Gasteiger partial charge in [0.15, 0.2) is 21.2 Å². The lowest BCUT2D eigenvalue weighted by molar-refractivity contribution is 0.590. The van der Waals surface area contributed by atoms with Crippen LogP contribution in [-0.2, 0) is 9.84 Å². The van der Waals surface area contributed by atoms with Gasteiger partial charge in [-0.25, -0.2) is 8.42 Å². The van der Waals surface area contributed by atoms with Crippen LogP contribution < -0.4 is 5.32 Å². The van der Waals surface area contributed by atoms with Crippen molar-refractivity contribution in [2.45, 2.75) is 18.1 Å². The predicted molar refractivity (Wildman–Crippen MR) is 61.4 cm³/mol. The van der Waals surface area contributed by atoms with E-state index in [9.17, 15) is 8.42 Å². The van der Waals surface area contributed by atoms with Crippen molar-refractivity contribution in [3.05, 3.63) is 0 Å². The molecule has 1 N–H and O–H groups in total. The van der Waals surface area contributed by atoms with Crippen LogP contribution in [0.4, 0.5) is 0 Å². The average molecular weight is 247 g/mol. The van der Waals surface area contributed by atoms with Crippen molar-refractivity contribution in [1.29, 1.82) is 5.26 Å². The van der Waals surface area contributed by atoms with E-state index < -0.39 is 9.84 Å². The summed E-state index contributed by atoms with van der Waals surface area (Å²) in [6, 6.07) is 0. The molecule has 0 saturated carbocycles. The Morgan fingerprint density at radius 3 is 2.93 bits per heavy atom. The maximum Gasteiger partial charge on any atom is 0.183 e. The molecule has 1 fully saturated rings. The second kappa shape index (κ2) is 5.37. The lowest BCUT2D eigenvalue weighted by Gasteiger charge is -2.06. The standard InChI is InChI=1S/C8H13N3O2S2/c1-14-8(11-6-9)10-5-7-3-2-4-15(7,12)13/h7H,2-5H2,1H3,(H,10,11). The van der Waals surface area contributed by atoms with Crippen LogP contribution in [0.25, 0.3) is 0 Å². The van der Waals surface area contributed by atoms with Crippen LogP contribution in [0.3, 0.4) is 0 Å². The molecule has 0 radical (unpaired) electrons. The van der Waals surface area contributed by atoms with E-state index in [0.29, 0.717) is 11.6 Å². The Bertz CT molecular complexity index is 383. The Kier molecular flexibility index (Phi) is 4.42. The molecule has 84 valence electrons. The van der Waals surface area contributed by atoms with Crippen molar-refractivity contribution in [1.82, 2.24) is 5.32 Å². The average Bonchev–Trinajstić information content (AvgIpc) is 2.52. The molecule has 0 aromatic heterocycles. The van der Waals surface area contributed by atoms with Gasteiger partial charge in [-0.2, -0.15) is 5.26 Å². The van der Waals surface area contributed by atoms with Crippen LogP contribution in [0.1, 0.15) is 12.8 Å². The Labute approximate surface area is 93.9 Å². The zero-order valence-electron chi connectivity index (χ0n) is 8.43. The largest absolute Gasteiger partial charge is 0.272 e. The summed E-state index contributed by atoms with van der Waals surface area (Å²) in [6.07, 6.45) is 4.95. The number of nitriles is 1. The molecule has 1 atom stereocenters. The monoisotopic (exact) mass is 247 g/mol. The van der Waals surface area contributed by atoms with E-state index in [1.54, 1.807) is 12.4 Å². The second-order valence-electron chi connectivity index (χ2n) is 3.22. The Balaban J connectivity index is 2.59. The van der Waals surface area contributed by atoms with Gasteiger partial charge < -0.3 is 0 Å². The van der Waals surface area contributed by atoms with E-state index in [2.05, 4.69) is 10.3 Å². The first-order chi connectivity index (χ1) is 7.10. The zero-order valence-corrected chi connectivity index (χ0v) is 10.1. The van der Waals surface area contributed by atoms with Crippen LogP contribution >= 0.6 is 11.8 Å². The van der Waals surface area contributed by atoms with Crippen molar-refractivity contribution in [2.75, 3.05) is 18.6 Å². The molecule has 1 heterocycles. The highest BCUT2D eigenvalue weighted by atomic mass is 32.2. The Morgan fingerprint density at radius 1 is 1.73 bits per heavy atom. The highest BCUT2D eigenvalue weighted by Gasteiger charge is 2.30. The molecule has 1 aliphatic heterocycles. The molecule has 0 aromatic carbocycles. The van der Waals surface area contributed by atoms with Gasteiger partial charge in [0, 0.05) is 0 Å². The third-order valence-electron chi connectivity index (χ3n) is 2.26. The lowest BCUT2D eigenvalue weighted by Crippen LogP contribution is -2.22. The second-order valence-corrected chi connectivity index (χ2v) is 6.41. The molecule has 0 aliphatic carbocycles. The number of rotatable bonds is 2. The summed E-state index contributed by atoms with van der Waals surface area (Å²) in [6.45, 7) is 0.257. The minimum absolute atomic E-state index is 0.257. The fourth-order valence-corrected chi connectivity index (χ4v) is 3.53. The van der Waals surface area contributed by atoms with Gasteiger partial charge in [-0.3, -0.25) is 10.3 Å². The molecule has 15 heavy (non-hydrogen) atoms. The highest BCUT2D eigenvalue weighted by molar-refractivity contribution is 8.13. The highest BCUT2D eigenvalue weighted by Crippen LogP contribution is 2.20. The molecule has 0 amide bonds. The van der Waals surface area contributed by atoms with Gasteiger partial charge in [-0.1, -0.05) is 11.8 Å². The van der Waals surface area contributed by atoms with Gasteiger partial charge in [0.05, 0.1) is 17.5 Å². The lowest BCUT2D eigenvalue weighted by atomic mass is 10.2. The van der Waals surface area contributed by atoms with Crippen molar-refractivity contribution in [2.24, 2.45) is 4.99 Å². The number of nitrogens with zero attached hydrogens (tertiary/aromatic N) is 2. The summed E-state index contributed by atoms with van der Waals surface area (Å²) in [5.41, 5.74) is 0. The van der Waals surface area contributed by atoms with Gasteiger partial charge in [0.1, 0.15) is 0 Å². The number of hydrogen-bond donors (Lipinski definition) is 1. The zero-order chi connectivity index (χ0) is 11.3. The number of thioether (sulfide) groups is 1. The van der Waals surface area contributed by atoms with Gasteiger partial charge in [-0.05, 0) is 19.1 Å². The van der Waals surface area contributed by atoms with Crippen LogP contribution in [0.2, 0.25) is 0 Å². The molecule has 1 rings (SSSR count). The molecular formula is C8H13N3O2S2. The molecule has 0 spiro atoms. The van der Waals surface area contributed by atoms with Crippen molar-refractivity contribution in [3.8, 4) is 6.19 Å². The van der Waals surface area contributed by atoms with E-state index in [4.69, 9.17) is 5.26 Å². The minimum atomic E-state index is -2.93. The fraction of sp³-hybridized carbons (Fsp3) is 0.750. The smallest absolute Gasteiger partial charge is 0.183 e. The van der Waals surface area contributed by atoms with E-state index in [1.807, 2.05) is 0 Å². The van der Waals surface area contributed by atoms with Crippen molar-refractivity contribution >= 4 is 26.8 Å². The first-order valence-electron chi connectivity index (χ1n) is 4.55. The first kappa shape index (κ1) is 12.3. The third kappa shape index (κ3) is 3.39.